The van der Waals surface area contributed by atoms with E-state index in [-0.39, 0.29) is 4.75 Å². The van der Waals surface area contributed by atoms with Crippen molar-refractivity contribution < 1.29 is 9.29 Å². The van der Waals surface area contributed by atoms with Crippen LogP contribution in [0.5, 0.6) is 5.75 Å². The zero-order valence-electron chi connectivity index (χ0n) is 13.6. The van der Waals surface area contributed by atoms with E-state index in [1.54, 1.807) is 0 Å². The highest BCUT2D eigenvalue weighted by molar-refractivity contribution is 7.91. The van der Waals surface area contributed by atoms with Crippen LogP contribution in [-0.4, -0.2) is 21.6 Å². The zero-order chi connectivity index (χ0) is 15.6. The molecule has 0 amide bonds. The van der Waals surface area contributed by atoms with Crippen LogP contribution < -0.4 is 4.74 Å². The second-order valence-corrected chi connectivity index (χ2v) is 8.68. The van der Waals surface area contributed by atoms with Crippen LogP contribution in [0.25, 0.3) is 0 Å². The van der Waals surface area contributed by atoms with Crippen LogP contribution >= 0.6 is 0 Å². The lowest BCUT2D eigenvalue weighted by Gasteiger charge is -2.19. The Morgan fingerprint density at radius 3 is 2.62 bits per heavy atom. The molecule has 1 unspecified atom stereocenters. The third-order valence-electron chi connectivity index (χ3n) is 3.52. The molecule has 1 saturated carbocycles. The van der Waals surface area contributed by atoms with Crippen LogP contribution in [0.1, 0.15) is 51.7 Å². The molecule has 1 aliphatic carbocycles. The molecular formula is C17H25NO2S. The minimum absolute atomic E-state index is 0.336. The highest BCUT2D eigenvalue weighted by Crippen LogP contribution is 2.30. The highest BCUT2D eigenvalue weighted by Gasteiger charge is 2.27. The summed E-state index contributed by atoms with van der Waals surface area (Å²) in [6.07, 6.45) is 2.56. The maximum Gasteiger partial charge on any atom is 0.144 e. The molecule has 0 aromatic heterocycles. The van der Waals surface area contributed by atoms with Gasteiger partial charge in [-0.2, -0.15) is 0 Å². The van der Waals surface area contributed by atoms with Gasteiger partial charge in [0.2, 0.25) is 0 Å². The first kappa shape index (κ1) is 16.4. The van der Waals surface area contributed by atoms with Crippen molar-refractivity contribution >= 4 is 17.1 Å². The molecule has 0 N–H and O–H groups in total. The first-order valence-corrected chi connectivity index (χ1v) is 8.59. The quantitative estimate of drug-likeness (QED) is 0.608. The summed E-state index contributed by atoms with van der Waals surface area (Å²) in [5.74, 6) is 1.65. The maximum absolute atomic E-state index is 12.1. The summed E-state index contributed by atoms with van der Waals surface area (Å²) in [6, 6.07) is 6.06. The summed E-state index contributed by atoms with van der Waals surface area (Å²) in [6.45, 7) is 10.5. The first-order valence-electron chi connectivity index (χ1n) is 7.48. The fourth-order valence-corrected chi connectivity index (χ4v) is 2.41. The molecule has 0 saturated heterocycles. The molecule has 2 rings (SSSR count). The number of rotatable bonds is 5. The summed E-state index contributed by atoms with van der Waals surface area (Å²) in [5.41, 5.74) is 2.90. The largest absolute Gasteiger partial charge is 0.591 e. The van der Waals surface area contributed by atoms with Gasteiger partial charge in [0.1, 0.15) is 21.9 Å². The van der Waals surface area contributed by atoms with E-state index in [0.717, 1.165) is 35.1 Å². The Hall–Kier alpha value is -1.00. The van der Waals surface area contributed by atoms with Gasteiger partial charge in [-0.05, 0) is 65.0 Å². The van der Waals surface area contributed by atoms with Crippen molar-refractivity contribution in [2.24, 2.45) is 10.3 Å². The topological polar surface area (TPSA) is 44.7 Å². The lowest BCUT2D eigenvalue weighted by molar-refractivity contribution is 0.298. The summed E-state index contributed by atoms with van der Waals surface area (Å²) in [4.78, 5) is 0. The average molecular weight is 307 g/mol. The standard InChI is InChI=1S/C17H25NO2S/c1-12-6-9-15(10-16(12)20-11-14-7-8-14)13(2)18-21(19)17(3,4)5/h6,9-10,14H,7-8,11H2,1-5H3/b18-13-. The third-order valence-corrected chi connectivity index (χ3v) is 5.01. The highest BCUT2D eigenvalue weighted by atomic mass is 32.2. The van der Waals surface area contributed by atoms with Crippen LogP contribution in [-0.2, 0) is 11.4 Å². The fourth-order valence-electron chi connectivity index (χ4n) is 1.79. The minimum atomic E-state index is -1.23. The van der Waals surface area contributed by atoms with Crippen LogP contribution in [0.15, 0.2) is 22.6 Å². The van der Waals surface area contributed by atoms with Crippen LogP contribution in [0, 0.1) is 12.8 Å². The molecule has 0 heterocycles. The van der Waals surface area contributed by atoms with Crippen molar-refractivity contribution in [2.45, 2.75) is 52.2 Å². The molecule has 4 heteroatoms. The van der Waals surface area contributed by atoms with Gasteiger partial charge in [-0.3, -0.25) is 0 Å². The Morgan fingerprint density at radius 1 is 1.38 bits per heavy atom. The Balaban J connectivity index is 2.14. The van der Waals surface area contributed by atoms with Gasteiger partial charge < -0.3 is 9.29 Å². The zero-order valence-corrected chi connectivity index (χ0v) is 14.4. The fraction of sp³-hybridized carbons (Fsp3) is 0.588. The molecular weight excluding hydrogens is 282 g/mol. The van der Waals surface area contributed by atoms with Crippen LogP contribution in [0.2, 0.25) is 0 Å². The van der Waals surface area contributed by atoms with Gasteiger partial charge in [0.25, 0.3) is 0 Å². The number of hydrogen-bond acceptors (Lipinski definition) is 3. The molecule has 1 aromatic rings. The molecule has 21 heavy (non-hydrogen) atoms. The molecule has 1 fully saturated rings. The SMILES string of the molecule is C/C(=N/[S+]([O-])C(C)(C)C)c1ccc(C)c(OCC2CC2)c1. The van der Waals surface area contributed by atoms with Gasteiger partial charge in [-0.15, -0.1) is 0 Å². The first-order chi connectivity index (χ1) is 9.77. The second-order valence-electron chi connectivity index (χ2n) is 6.77. The predicted octanol–water partition coefficient (Wildman–Crippen LogP) is 4.06. The Bertz CT molecular complexity index is 530. The van der Waals surface area contributed by atoms with Gasteiger partial charge >= 0.3 is 0 Å². The van der Waals surface area contributed by atoms with Crippen molar-refractivity contribution in [3.8, 4) is 5.75 Å². The van der Waals surface area contributed by atoms with Gasteiger partial charge in [-0.25, -0.2) is 0 Å². The van der Waals surface area contributed by atoms with Gasteiger partial charge in [0.15, 0.2) is 0 Å². The van der Waals surface area contributed by atoms with E-state index in [1.165, 1.54) is 12.8 Å². The van der Waals surface area contributed by atoms with Crippen molar-refractivity contribution in [1.82, 2.24) is 0 Å². The van der Waals surface area contributed by atoms with E-state index in [9.17, 15) is 4.55 Å². The van der Waals surface area contributed by atoms with E-state index in [0.29, 0.717) is 0 Å². The van der Waals surface area contributed by atoms with E-state index >= 15 is 0 Å². The lowest BCUT2D eigenvalue weighted by Crippen LogP contribution is -2.26. The van der Waals surface area contributed by atoms with Crippen molar-refractivity contribution in [2.75, 3.05) is 6.61 Å². The van der Waals surface area contributed by atoms with E-state index < -0.39 is 11.4 Å². The lowest BCUT2D eigenvalue weighted by atomic mass is 10.1. The summed E-state index contributed by atoms with van der Waals surface area (Å²) in [7, 11) is 0. The molecule has 0 bridgehead atoms. The van der Waals surface area contributed by atoms with E-state index in [1.807, 2.05) is 52.8 Å². The number of benzene rings is 1. The Morgan fingerprint density at radius 2 is 2.05 bits per heavy atom. The summed E-state index contributed by atoms with van der Waals surface area (Å²) < 4.78 is 22.0. The number of hydrogen-bond donors (Lipinski definition) is 0. The molecule has 3 nitrogen and oxygen atoms in total. The second kappa shape index (κ2) is 6.41. The molecule has 0 spiro atoms. The molecule has 0 aliphatic heterocycles. The average Bonchev–Trinajstić information content (AvgIpc) is 3.20. The predicted molar refractivity (Wildman–Crippen MR) is 89.5 cm³/mol. The molecule has 0 radical (unpaired) electrons. The van der Waals surface area contributed by atoms with Crippen LogP contribution in [0.3, 0.4) is 0 Å². The third kappa shape index (κ3) is 4.75. The molecule has 1 aliphatic rings. The number of aryl methyl sites for hydroxylation is 1. The normalized spacial score (nSPS) is 17.7. The van der Waals surface area contributed by atoms with Gasteiger partial charge in [0, 0.05) is 5.56 Å². The van der Waals surface area contributed by atoms with Crippen molar-refractivity contribution in [1.29, 1.82) is 0 Å². The Kier molecular flexibility index (Phi) is 4.99. The van der Waals surface area contributed by atoms with Crippen molar-refractivity contribution in [3.05, 3.63) is 29.3 Å². The smallest absolute Gasteiger partial charge is 0.144 e. The number of ether oxygens (including phenoxy) is 1. The van der Waals surface area contributed by atoms with E-state index in [2.05, 4.69) is 4.40 Å². The van der Waals surface area contributed by atoms with Gasteiger partial charge in [0.05, 0.1) is 12.3 Å². The Labute approximate surface area is 131 Å². The number of nitrogens with zero attached hydrogens (tertiary/aromatic N) is 1. The summed E-state index contributed by atoms with van der Waals surface area (Å²) >= 11 is -1.23. The van der Waals surface area contributed by atoms with Gasteiger partial charge in [-0.1, -0.05) is 16.5 Å². The molecule has 116 valence electrons. The van der Waals surface area contributed by atoms with Crippen molar-refractivity contribution in [3.63, 3.8) is 0 Å². The monoisotopic (exact) mass is 307 g/mol. The molecule has 1 aromatic carbocycles. The van der Waals surface area contributed by atoms with E-state index in [4.69, 9.17) is 4.74 Å². The minimum Gasteiger partial charge on any atom is -0.591 e. The van der Waals surface area contributed by atoms with Crippen LogP contribution in [0.4, 0.5) is 0 Å². The summed E-state index contributed by atoms with van der Waals surface area (Å²) in [5, 5.41) is 0. The molecule has 1 atom stereocenters. The maximum atomic E-state index is 12.1.